The van der Waals surface area contributed by atoms with Gasteiger partial charge in [-0.2, -0.15) is 34.5 Å². The van der Waals surface area contributed by atoms with Crippen molar-refractivity contribution in [1.29, 1.82) is 0 Å². The van der Waals surface area contributed by atoms with E-state index in [4.69, 9.17) is 10.2 Å². The standard InChI is InChI=1S/C47H36N6.Pt/c1-47(2,45-29-43(31-15-7-5-8-16-31)52(48-45)33-23-25-41-37(27-33)35-19-11-13-21-39(35)50(41)3)46-30-44(32-17-9-6-10-18-32)53(49-46)34-24-26-42-38(28-34)36-20-12-14-22-40(36)51(42)4;/h5-22,25-30H,1-4H3;/q-2;+2. The molecule has 0 aliphatic heterocycles. The summed E-state index contributed by atoms with van der Waals surface area (Å²) in [5.41, 5.74) is 11.9. The summed E-state index contributed by atoms with van der Waals surface area (Å²) in [5.74, 6) is 0. The summed E-state index contributed by atoms with van der Waals surface area (Å²) in [4.78, 5) is 0. The molecular weight excluding hydrogens is 844 g/mol. The molecule has 6 nitrogen and oxygen atoms in total. The summed E-state index contributed by atoms with van der Waals surface area (Å²) in [5, 5.41) is 15.5. The van der Waals surface area contributed by atoms with Crippen LogP contribution in [0.4, 0.5) is 0 Å². The summed E-state index contributed by atoms with van der Waals surface area (Å²) in [6.45, 7) is 4.43. The van der Waals surface area contributed by atoms with Gasteiger partial charge in [0.1, 0.15) is 0 Å². The van der Waals surface area contributed by atoms with Gasteiger partial charge in [-0.15, -0.1) is 22.9 Å². The minimum absolute atomic E-state index is 0. The monoisotopic (exact) mass is 879 g/mol. The van der Waals surface area contributed by atoms with Gasteiger partial charge >= 0.3 is 21.1 Å². The Kier molecular flexibility index (Phi) is 8.06. The molecule has 0 atom stereocenters. The number of nitrogens with zero attached hydrogens (tertiary/aromatic N) is 6. The fourth-order valence-corrected chi connectivity index (χ4v) is 7.92. The Morgan fingerprint density at radius 3 is 1.28 bits per heavy atom. The number of hydrogen-bond donors (Lipinski definition) is 0. The molecule has 4 heterocycles. The molecule has 6 aromatic carbocycles. The zero-order valence-electron chi connectivity index (χ0n) is 30.4. The summed E-state index contributed by atoms with van der Waals surface area (Å²) in [6, 6.07) is 58.3. The fraction of sp³-hybridized carbons (Fsp3) is 0.106. The summed E-state index contributed by atoms with van der Waals surface area (Å²) in [7, 11) is 4.23. The normalized spacial score (nSPS) is 11.9. The average molecular weight is 880 g/mol. The Hall–Kier alpha value is -5.97. The first-order chi connectivity index (χ1) is 25.9. The van der Waals surface area contributed by atoms with E-state index in [1.807, 2.05) is 21.5 Å². The Balaban J connectivity index is 0.00000384. The van der Waals surface area contributed by atoms with Crippen molar-refractivity contribution >= 4 is 43.6 Å². The van der Waals surface area contributed by atoms with E-state index in [0.717, 1.165) is 56.3 Å². The molecule has 264 valence electrons. The predicted octanol–water partition coefficient (Wildman–Crippen LogP) is 10.6. The maximum absolute atomic E-state index is 5.38. The van der Waals surface area contributed by atoms with Crippen LogP contribution in [0.1, 0.15) is 25.2 Å². The van der Waals surface area contributed by atoms with Gasteiger partial charge in [-0.3, -0.25) is 9.36 Å². The van der Waals surface area contributed by atoms with Crippen molar-refractivity contribution in [2.45, 2.75) is 19.3 Å². The van der Waals surface area contributed by atoms with Crippen LogP contribution in [0.5, 0.6) is 0 Å². The largest absolute Gasteiger partial charge is 2.00 e. The minimum Gasteiger partial charge on any atom is -0.397 e. The molecule has 0 spiro atoms. The third kappa shape index (κ3) is 5.20. The molecule has 0 radical (unpaired) electrons. The van der Waals surface area contributed by atoms with Crippen molar-refractivity contribution in [3.63, 3.8) is 0 Å². The first kappa shape index (κ1) is 33.8. The van der Waals surface area contributed by atoms with Crippen LogP contribution >= 0.6 is 0 Å². The third-order valence-corrected chi connectivity index (χ3v) is 11.0. The van der Waals surface area contributed by atoms with Crippen LogP contribution in [-0.2, 0) is 40.6 Å². The van der Waals surface area contributed by atoms with Crippen LogP contribution in [0.25, 0.3) is 77.5 Å². The number of fused-ring (bicyclic) bond motifs is 6. The van der Waals surface area contributed by atoms with E-state index in [-0.39, 0.29) is 21.1 Å². The zero-order valence-corrected chi connectivity index (χ0v) is 32.6. The maximum Gasteiger partial charge on any atom is 2.00 e. The summed E-state index contributed by atoms with van der Waals surface area (Å²) in [6.07, 6.45) is 0. The first-order valence-electron chi connectivity index (χ1n) is 18.0. The maximum atomic E-state index is 5.38. The Morgan fingerprint density at radius 2 is 0.852 bits per heavy atom. The van der Waals surface area contributed by atoms with E-state index >= 15 is 0 Å². The van der Waals surface area contributed by atoms with Gasteiger partial charge in [0.05, 0.1) is 28.2 Å². The fourth-order valence-electron chi connectivity index (χ4n) is 7.92. The molecule has 54 heavy (non-hydrogen) atoms. The molecule has 0 aliphatic rings. The molecule has 0 N–H and O–H groups in total. The number of hydrogen-bond acceptors (Lipinski definition) is 2. The van der Waals surface area contributed by atoms with Crippen LogP contribution in [0, 0.1) is 12.1 Å². The van der Waals surface area contributed by atoms with Gasteiger partial charge in [-0.25, -0.2) is 0 Å². The number of aryl methyl sites for hydroxylation is 2. The van der Waals surface area contributed by atoms with Gasteiger partial charge in [0.25, 0.3) is 0 Å². The number of rotatable bonds is 6. The number of para-hydroxylation sites is 2. The molecule has 0 saturated carbocycles. The van der Waals surface area contributed by atoms with Gasteiger partial charge in [-0.1, -0.05) is 108 Å². The molecule has 0 saturated heterocycles. The van der Waals surface area contributed by atoms with Crippen LogP contribution in [0.3, 0.4) is 0 Å². The Labute approximate surface area is 328 Å². The molecule has 10 aromatic rings. The van der Waals surface area contributed by atoms with Gasteiger partial charge in [-0.05, 0) is 74.4 Å². The van der Waals surface area contributed by atoms with Crippen molar-refractivity contribution in [2.24, 2.45) is 14.1 Å². The molecule has 0 fully saturated rings. The van der Waals surface area contributed by atoms with Crippen LogP contribution in [0.2, 0.25) is 0 Å². The average Bonchev–Trinajstić information content (AvgIpc) is 3.99. The Bertz CT molecular complexity index is 2790. The first-order valence-corrected chi connectivity index (χ1v) is 18.0. The smallest absolute Gasteiger partial charge is 0.397 e. The van der Waals surface area contributed by atoms with Crippen molar-refractivity contribution in [1.82, 2.24) is 28.7 Å². The third-order valence-electron chi connectivity index (χ3n) is 11.0. The van der Waals surface area contributed by atoms with E-state index in [2.05, 4.69) is 183 Å². The van der Waals surface area contributed by atoms with E-state index in [9.17, 15) is 0 Å². The second-order valence-corrected chi connectivity index (χ2v) is 14.4. The number of benzene rings is 6. The molecule has 4 aromatic heterocycles. The minimum atomic E-state index is -0.559. The van der Waals surface area contributed by atoms with Gasteiger partial charge < -0.3 is 9.13 Å². The molecule has 0 aliphatic carbocycles. The van der Waals surface area contributed by atoms with Crippen molar-refractivity contribution in [3.05, 3.63) is 169 Å². The molecule has 10 rings (SSSR count). The van der Waals surface area contributed by atoms with E-state index in [1.165, 1.54) is 32.6 Å². The van der Waals surface area contributed by atoms with Crippen LogP contribution in [0.15, 0.2) is 146 Å². The zero-order chi connectivity index (χ0) is 35.8. The van der Waals surface area contributed by atoms with Crippen LogP contribution < -0.4 is 0 Å². The van der Waals surface area contributed by atoms with E-state index < -0.39 is 5.41 Å². The quantitative estimate of drug-likeness (QED) is 0.156. The Morgan fingerprint density at radius 1 is 0.463 bits per heavy atom. The van der Waals surface area contributed by atoms with Crippen LogP contribution in [-0.4, -0.2) is 28.7 Å². The summed E-state index contributed by atoms with van der Waals surface area (Å²) >= 11 is 0. The van der Waals surface area contributed by atoms with Crippen molar-refractivity contribution in [2.75, 3.05) is 0 Å². The van der Waals surface area contributed by atoms with Crippen molar-refractivity contribution in [3.8, 4) is 33.9 Å². The molecular formula is C47H36N6Pt. The second kappa shape index (κ2) is 12.9. The summed E-state index contributed by atoms with van der Waals surface area (Å²) < 4.78 is 8.56. The predicted molar refractivity (Wildman–Crippen MR) is 216 cm³/mol. The van der Waals surface area contributed by atoms with E-state index in [1.54, 1.807) is 0 Å². The van der Waals surface area contributed by atoms with Gasteiger partial charge in [0.2, 0.25) is 0 Å². The van der Waals surface area contributed by atoms with E-state index in [0.29, 0.717) is 0 Å². The van der Waals surface area contributed by atoms with Gasteiger partial charge in [0.15, 0.2) is 0 Å². The molecule has 7 heteroatoms. The topological polar surface area (TPSA) is 45.5 Å². The SMILES string of the molecule is Cn1c2c[c-]c(-n3nc(C(C)(C)c4cc(-c5ccccc5)n(-c5[c-]cc6c(c5)c5ccccc5n6C)n4)cc3-c3ccccc3)cc2c2ccccc21.[Pt+2]. The molecule has 0 unspecified atom stereocenters. The molecule has 0 amide bonds. The van der Waals surface area contributed by atoms with Gasteiger partial charge in [0, 0.05) is 22.2 Å². The second-order valence-electron chi connectivity index (χ2n) is 14.4. The molecule has 0 bridgehead atoms. The number of aromatic nitrogens is 6. The van der Waals surface area contributed by atoms with Crippen molar-refractivity contribution < 1.29 is 21.1 Å².